The van der Waals surface area contributed by atoms with E-state index in [-0.39, 0.29) is 11.2 Å². The number of rotatable bonds is 6. The third kappa shape index (κ3) is 3.83. The summed E-state index contributed by atoms with van der Waals surface area (Å²) in [4.78, 5) is 12.5. The number of carbonyl (C=O) groups is 1. The van der Waals surface area contributed by atoms with Crippen molar-refractivity contribution in [2.75, 3.05) is 5.32 Å². The number of aryl methyl sites for hydroxylation is 1. The van der Waals surface area contributed by atoms with Gasteiger partial charge in [-0.15, -0.1) is 10.2 Å². The number of carbonyl (C=O) groups excluding carboxylic acids is 1. The molecule has 0 bridgehead atoms. The molecule has 1 amide bonds. The second kappa shape index (κ2) is 7.27. The monoisotopic (exact) mass is 408 g/mol. The van der Waals surface area contributed by atoms with Crippen LogP contribution in [-0.2, 0) is 11.3 Å². The van der Waals surface area contributed by atoms with Gasteiger partial charge in [-0.05, 0) is 67.2 Å². The molecule has 7 heteroatoms. The Balaban J connectivity index is 1.68. The fourth-order valence-corrected chi connectivity index (χ4v) is 4.01. The molecule has 0 spiro atoms. The van der Waals surface area contributed by atoms with Gasteiger partial charge in [-0.3, -0.25) is 4.79 Å². The number of amides is 1. The quantitative estimate of drug-likeness (QED) is 0.720. The molecule has 1 saturated carbocycles. The van der Waals surface area contributed by atoms with Gasteiger partial charge in [0.05, 0.1) is 10.9 Å². The van der Waals surface area contributed by atoms with E-state index < -0.39 is 0 Å². The van der Waals surface area contributed by atoms with Crippen LogP contribution in [0.1, 0.15) is 44.0 Å². The molecule has 1 atom stereocenters. The van der Waals surface area contributed by atoms with Gasteiger partial charge in [0.1, 0.15) is 5.82 Å². The highest BCUT2D eigenvalue weighted by atomic mass is 79.9. The fraction of sp³-hybridized carbons (Fsp3) is 0.471. The maximum atomic E-state index is 12.5. The van der Waals surface area contributed by atoms with Gasteiger partial charge in [-0.1, -0.05) is 17.8 Å². The number of aromatic nitrogens is 3. The van der Waals surface area contributed by atoms with Crippen molar-refractivity contribution in [1.29, 1.82) is 0 Å². The summed E-state index contributed by atoms with van der Waals surface area (Å²) in [6, 6.07) is 5.88. The second-order valence-electron chi connectivity index (χ2n) is 6.09. The lowest BCUT2D eigenvalue weighted by atomic mass is 10.2. The predicted molar refractivity (Wildman–Crippen MR) is 100 cm³/mol. The molecular weight excluding hydrogens is 388 g/mol. The summed E-state index contributed by atoms with van der Waals surface area (Å²) in [6.45, 7) is 6.84. The smallest absolute Gasteiger partial charge is 0.237 e. The molecule has 3 rings (SSSR count). The van der Waals surface area contributed by atoms with Gasteiger partial charge in [0.25, 0.3) is 0 Å². The third-order valence-electron chi connectivity index (χ3n) is 4.04. The van der Waals surface area contributed by atoms with Crippen LogP contribution in [0.5, 0.6) is 0 Å². The van der Waals surface area contributed by atoms with Gasteiger partial charge in [0.2, 0.25) is 5.91 Å². The number of nitrogens with zero attached hydrogens (tertiary/aromatic N) is 3. The van der Waals surface area contributed by atoms with Crippen LogP contribution < -0.4 is 5.32 Å². The van der Waals surface area contributed by atoms with Crippen molar-refractivity contribution in [2.24, 2.45) is 0 Å². The molecule has 128 valence electrons. The van der Waals surface area contributed by atoms with E-state index in [1.807, 2.05) is 32.0 Å². The molecule has 0 saturated heterocycles. The fourth-order valence-electron chi connectivity index (χ4n) is 2.50. The second-order valence-corrected chi connectivity index (χ2v) is 8.25. The maximum Gasteiger partial charge on any atom is 0.237 e. The molecule has 1 N–H and O–H groups in total. The average Bonchev–Trinajstić information content (AvgIpc) is 3.31. The van der Waals surface area contributed by atoms with E-state index in [1.54, 1.807) is 0 Å². The lowest BCUT2D eigenvalue weighted by molar-refractivity contribution is -0.115. The highest BCUT2D eigenvalue weighted by Gasteiger charge is 2.30. The Morgan fingerprint density at radius 1 is 1.46 bits per heavy atom. The Labute approximate surface area is 154 Å². The molecule has 1 fully saturated rings. The first-order valence-electron chi connectivity index (χ1n) is 8.16. The Kier molecular flexibility index (Phi) is 5.30. The molecule has 1 aromatic heterocycles. The summed E-state index contributed by atoms with van der Waals surface area (Å²) in [6.07, 6.45) is 2.39. The molecule has 5 nitrogen and oxygen atoms in total. The van der Waals surface area contributed by atoms with E-state index in [2.05, 4.69) is 42.9 Å². The number of hydrogen-bond donors (Lipinski definition) is 1. The molecule has 1 unspecified atom stereocenters. The summed E-state index contributed by atoms with van der Waals surface area (Å²) >= 11 is 4.95. The first kappa shape index (κ1) is 17.5. The lowest BCUT2D eigenvalue weighted by Gasteiger charge is -2.13. The van der Waals surface area contributed by atoms with Gasteiger partial charge < -0.3 is 9.88 Å². The van der Waals surface area contributed by atoms with Gasteiger partial charge in [0.15, 0.2) is 5.16 Å². The van der Waals surface area contributed by atoms with E-state index in [4.69, 9.17) is 0 Å². The van der Waals surface area contributed by atoms with Crippen molar-refractivity contribution >= 4 is 39.3 Å². The predicted octanol–water partition coefficient (Wildman–Crippen LogP) is 4.37. The van der Waals surface area contributed by atoms with Crippen LogP contribution in [0.25, 0.3) is 0 Å². The van der Waals surface area contributed by atoms with Gasteiger partial charge >= 0.3 is 0 Å². The summed E-state index contributed by atoms with van der Waals surface area (Å²) < 4.78 is 3.02. The number of benzene rings is 1. The van der Waals surface area contributed by atoms with Crippen molar-refractivity contribution in [1.82, 2.24) is 14.8 Å². The van der Waals surface area contributed by atoms with Crippen LogP contribution in [0.3, 0.4) is 0 Å². The van der Waals surface area contributed by atoms with E-state index in [0.29, 0.717) is 5.92 Å². The van der Waals surface area contributed by atoms with Gasteiger partial charge in [-0.25, -0.2) is 0 Å². The molecular formula is C17H21BrN4OS. The average molecular weight is 409 g/mol. The van der Waals surface area contributed by atoms with Gasteiger partial charge in [-0.2, -0.15) is 0 Å². The Morgan fingerprint density at radius 2 is 2.21 bits per heavy atom. The summed E-state index contributed by atoms with van der Waals surface area (Å²) in [5.41, 5.74) is 1.93. The van der Waals surface area contributed by atoms with E-state index in [0.717, 1.165) is 33.2 Å². The summed E-state index contributed by atoms with van der Waals surface area (Å²) in [7, 11) is 0. The normalized spacial score (nSPS) is 15.3. The largest absolute Gasteiger partial charge is 0.324 e. The minimum atomic E-state index is -0.250. The van der Waals surface area contributed by atoms with Crippen LogP contribution in [0, 0.1) is 6.92 Å². The molecule has 1 aromatic carbocycles. The maximum absolute atomic E-state index is 12.5. The number of thioether (sulfide) groups is 1. The number of hydrogen-bond acceptors (Lipinski definition) is 4. The zero-order valence-corrected chi connectivity index (χ0v) is 16.4. The number of anilines is 1. The molecule has 2 aromatic rings. The van der Waals surface area contributed by atoms with Crippen LogP contribution in [-0.4, -0.2) is 25.9 Å². The minimum Gasteiger partial charge on any atom is -0.324 e. The molecule has 24 heavy (non-hydrogen) atoms. The van der Waals surface area contributed by atoms with E-state index >= 15 is 0 Å². The first-order valence-corrected chi connectivity index (χ1v) is 9.83. The first-order chi connectivity index (χ1) is 11.5. The number of nitrogens with one attached hydrogen (secondary N) is 1. The van der Waals surface area contributed by atoms with Crippen LogP contribution in [0.4, 0.5) is 5.69 Å². The third-order valence-corrected chi connectivity index (χ3v) is 5.77. The zero-order valence-electron chi connectivity index (χ0n) is 14.0. The van der Waals surface area contributed by atoms with Crippen molar-refractivity contribution < 1.29 is 4.79 Å². The highest BCUT2D eigenvalue weighted by molar-refractivity contribution is 9.10. The summed E-state index contributed by atoms with van der Waals surface area (Å²) in [5.74, 6) is 1.58. The molecule has 1 heterocycles. The molecule has 1 aliphatic carbocycles. The standard InChI is InChI=1S/C17H21BrN4OS/c1-4-22-15(12-6-7-12)20-21-17(22)24-11(3)16(23)19-14-8-5-10(2)9-13(14)18/h5,8-9,11-12H,4,6-7H2,1-3H3,(H,19,23). The Hall–Kier alpha value is -1.34. The molecule has 0 aliphatic heterocycles. The van der Waals surface area contributed by atoms with Crippen molar-refractivity contribution in [3.05, 3.63) is 34.1 Å². The Morgan fingerprint density at radius 3 is 2.83 bits per heavy atom. The van der Waals surface area contributed by atoms with Crippen LogP contribution in [0.2, 0.25) is 0 Å². The van der Waals surface area contributed by atoms with Crippen molar-refractivity contribution in [3.8, 4) is 0 Å². The SMILES string of the molecule is CCn1c(SC(C)C(=O)Nc2ccc(C)cc2Br)nnc1C1CC1. The summed E-state index contributed by atoms with van der Waals surface area (Å²) in [5, 5.41) is 12.2. The van der Waals surface area contributed by atoms with Crippen LogP contribution in [0.15, 0.2) is 27.8 Å². The van der Waals surface area contributed by atoms with Gasteiger partial charge in [0, 0.05) is 16.9 Å². The highest BCUT2D eigenvalue weighted by Crippen LogP contribution is 2.40. The molecule has 1 aliphatic rings. The van der Waals surface area contributed by atoms with Crippen molar-refractivity contribution in [3.63, 3.8) is 0 Å². The lowest BCUT2D eigenvalue weighted by Crippen LogP contribution is -2.23. The molecule has 0 radical (unpaired) electrons. The zero-order chi connectivity index (χ0) is 17.3. The topological polar surface area (TPSA) is 59.8 Å². The van der Waals surface area contributed by atoms with Crippen LogP contribution >= 0.6 is 27.7 Å². The minimum absolute atomic E-state index is 0.0387. The van der Waals surface area contributed by atoms with E-state index in [9.17, 15) is 4.79 Å². The van der Waals surface area contributed by atoms with E-state index in [1.165, 1.54) is 24.6 Å². The van der Waals surface area contributed by atoms with Crippen molar-refractivity contribution in [2.45, 2.75) is 56.5 Å². The Bertz CT molecular complexity index is 757. The number of halogens is 1.